The molecule has 3 aromatic heterocycles. The van der Waals surface area contributed by atoms with Gasteiger partial charge in [-0.3, -0.25) is 14.2 Å². The monoisotopic (exact) mass is 475 g/mol. The van der Waals surface area contributed by atoms with E-state index in [9.17, 15) is 9.59 Å². The van der Waals surface area contributed by atoms with E-state index in [4.69, 9.17) is 8.94 Å². The Kier molecular flexibility index (Phi) is 5.29. The maximum Gasteiger partial charge on any atom is 0.257 e. The van der Waals surface area contributed by atoms with Gasteiger partial charge in [0.05, 0.1) is 24.4 Å². The SMILES string of the molecule is O=C(CC1CSc2nc3c(c(=O)n21)CCC3)Nc1ccccc1Cc1nc(-c2ccco2)no1. The summed E-state index contributed by atoms with van der Waals surface area (Å²) in [7, 11) is 0. The van der Waals surface area contributed by atoms with Gasteiger partial charge in [0.1, 0.15) is 0 Å². The number of nitrogens with one attached hydrogen (secondary N) is 1. The average molecular weight is 476 g/mol. The third-order valence-corrected chi connectivity index (χ3v) is 7.23. The van der Waals surface area contributed by atoms with Crippen LogP contribution in [-0.2, 0) is 24.1 Å². The summed E-state index contributed by atoms with van der Waals surface area (Å²) in [5.41, 5.74) is 3.29. The van der Waals surface area contributed by atoms with Crippen LogP contribution in [0.1, 0.15) is 41.6 Å². The maximum atomic E-state index is 13.0. The lowest BCUT2D eigenvalue weighted by Gasteiger charge is -2.15. The number of rotatable bonds is 6. The van der Waals surface area contributed by atoms with Gasteiger partial charge in [-0.25, -0.2) is 4.98 Å². The molecule has 0 spiro atoms. The van der Waals surface area contributed by atoms with Crippen LogP contribution in [0.3, 0.4) is 0 Å². The molecule has 1 aliphatic heterocycles. The Bertz CT molecular complexity index is 1430. The normalized spacial score (nSPS) is 16.4. The lowest BCUT2D eigenvalue weighted by molar-refractivity contribution is -0.116. The predicted molar refractivity (Wildman–Crippen MR) is 125 cm³/mol. The number of nitrogens with zero attached hydrogens (tertiary/aromatic N) is 4. The number of carbonyl (C=O) groups excluding carboxylic acids is 1. The molecule has 10 heteroatoms. The number of benzene rings is 1. The molecule has 6 rings (SSSR count). The summed E-state index contributed by atoms with van der Waals surface area (Å²) < 4.78 is 12.4. The summed E-state index contributed by atoms with van der Waals surface area (Å²) in [4.78, 5) is 35.0. The van der Waals surface area contributed by atoms with Gasteiger partial charge >= 0.3 is 0 Å². The third-order valence-electron chi connectivity index (χ3n) is 6.14. The van der Waals surface area contributed by atoms with E-state index < -0.39 is 0 Å². The molecule has 172 valence electrons. The first kappa shape index (κ1) is 20.9. The Morgan fingerprint density at radius 2 is 2.09 bits per heavy atom. The standard InChI is InChI=1S/C24H21N5O4S/c30-20(12-15-13-34-24-26-18-8-3-6-16(18)23(31)29(15)24)25-17-7-2-1-5-14(17)11-21-27-22(28-33-21)19-9-4-10-32-19/h1-2,4-5,7,9-10,15H,3,6,8,11-13H2,(H,25,30). The number of fused-ring (bicyclic) bond motifs is 2. The molecule has 0 saturated carbocycles. The van der Waals surface area contributed by atoms with Crippen LogP contribution in [0.4, 0.5) is 5.69 Å². The summed E-state index contributed by atoms with van der Waals surface area (Å²) in [6, 6.07) is 10.8. The van der Waals surface area contributed by atoms with Crippen molar-refractivity contribution in [3.05, 3.63) is 75.7 Å². The lowest BCUT2D eigenvalue weighted by atomic mass is 10.1. The van der Waals surface area contributed by atoms with Gasteiger partial charge in [-0.05, 0) is 43.0 Å². The minimum Gasteiger partial charge on any atom is -0.461 e. The van der Waals surface area contributed by atoms with E-state index >= 15 is 0 Å². The number of anilines is 1. The number of hydrogen-bond acceptors (Lipinski definition) is 8. The van der Waals surface area contributed by atoms with Crippen molar-refractivity contribution in [2.75, 3.05) is 11.1 Å². The zero-order valence-corrected chi connectivity index (χ0v) is 19.0. The van der Waals surface area contributed by atoms with Crippen molar-refractivity contribution in [2.45, 2.75) is 43.3 Å². The molecule has 2 aliphatic rings. The van der Waals surface area contributed by atoms with Gasteiger partial charge in [0.2, 0.25) is 17.6 Å². The fourth-order valence-corrected chi connectivity index (χ4v) is 5.66. The number of furan rings is 1. The summed E-state index contributed by atoms with van der Waals surface area (Å²) >= 11 is 1.55. The Morgan fingerprint density at radius 1 is 1.18 bits per heavy atom. The molecule has 4 aromatic rings. The lowest BCUT2D eigenvalue weighted by Crippen LogP contribution is -2.30. The highest BCUT2D eigenvalue weighted by molar-refractivity contribution is 7.99. The van der Waals surface area contributed by atoms with Gasteiger partial charge in [-0.2, -0.15) is 4.98 Å². The van der Waals surface area contributed by atoms with Crippen molar-refractivity contribution in [2.24, 2.45) is 0 Å². The number of aryl methyl sites for hydroxylation is 1. The van der Waals surface area contributed by atoms with Crippen LogP contribution in [0, 0.1) is 0 Å². The van der Waals surface area contributed by atoms with Crippen molar-refractivity contribution in [3.63, 3.8) is 0 Å². The van der Waals surface area contributed by atoms with Crippen molar-refractivity contribution in [1.29, 1.82) is 0 Å². The number of para-hydroxylation sites is 1. The Morgan fingerprint density at radius 3 is 2.97 bits per heavy atom. The molecular weight excluding hydrogens is 454 g/mol. The van der Waals surface area contributed by atoms with Crippen LogP contribution < -0.4 is 10.9 Å². The fraction of sp³-hybridized carbons (Fsp3) is 0.292. The smallest absolute Gasteiger partial charge is 0.257 e. The Hall–Kier alpha value is -3.66. The van der Waals surface area contributed by atoms with Crippen molar-refractivity contribution in [1.82, 2.24) is 19.7 Å². The second-order valence-electron chi connectivity index (χ2n) is 8.39. The number of amides is 1. The fourth-order valence-electron chi connectivity index (χ4n) is 4.51. The summed E-state index contributed by atoms with van der Waals surface area (Å²) in [6.07, 6.45) is 4.73. The second-order valence-corrected chi connectivity index (χ2v) is 9.38. The molecule has 9 nitrogen and oxygen atoms in total. The van der Waals surface area contributed by atoms with Gasteiger partial charge in [0.15, 0.2) is 10.9 Å². The molecule has 1 aromatic carbocycles. The quantitative estimate of drug-likeness (QED) is 0.420. The van der Waals surface area contributed by atoms with Gasteiger partial charge in [0.25, 0.3) is 5.56 Å². The molecule has 1 unspecified atom stereocenters. The molecule has 0 bridgehead atoms. The molecule has 0 saturated heterocycles. The summed E-state index contributed by atoms with van der Waals surface area (Å²) in [6.45, 7) is 0. The van der Waals surface area contributed by atoms with Crippen LogP contribution in [0.15, 0.2) is 61.6 Å². The zero-order chi connectivity index (χ0) is 23.1. The van der Waals surface area contributed by atoms with Crippen molar-refractivity contribution in [3.8, 4) is 11.6 Å². The number of carbonyl (C=O) groups is 1. The van der Waals surface area contributed by atoms with Crippen molar-refractivity contribution >= 4 is 23.4 Å². The summed E-state index contributed by atoms with van der Waals surface area (Å²) in [5, 5.41) is 7.69. The second kappa shape index (κ2) is 8.60. The first-order valence-electron chi connectivity index (χ1n) is 11.2. The Labute approximate surface area is 198 Å². The molecule has 4 heterocycles. The minimum atomic E-state index is -0.204. The van der Waals surface area contributed by atoms with Gasteiger partial charge in [0, 0.05) is 23.4 Å². The number of thioether (sulfide) groups is 1. The largest absolute Gasteiger partial charge is 0.461 e. The van der Waals surface area contributed by atoms with E-state index in [0.717, 1.165) is 41.2 Å². The maximum absolute atomic E-state index is 13.0. The number of aromatic nitrogens is 4. The molecule has 1 amide bonds. The van der Waals surface area contributed by atoms with Crippen LogP contribution >= 0.6 is 11.8 Å². The molecular formula is C24H21N5O4S. The first-order chi connectivity index (χ1) is 16.7. The van der Waals surface area contributed by atoms with E-state index in [-0.39, 0.29) is 23.9 Å². The molecule has 1 atom stereocenters. The van der Waals surface area contributed by atoms with E-state index in [1.165, 1.54) is 0 Å². The topological polar surface area (TPSA) is 116 Å². The van der Waals surface area contributed by atoms with Crippen LogP contribution in [-0.4, -0.2) is 31.4 Å². The number of hydrogen-bond donors (Lipinski definition) is 1. The van der Waals surface area contributed by atoms with E-state index in [1.54, 1.807) is 34.7 Å². The highest BCUT2D eigenvalue weighted by atomic mass is 32.2. The van der Waals surface area contributed by atoms with E-state index in [1.807, 2.05) is 24.3 Å². The molecule has 0 fully saturated rings. The molecule has 1 N–H and O–H groups in total. The van der Waals surface area contributed by atoms with Crippen LogP contribution in [0.2, 0.25) is 0 Å². The summed E-state index contributed by atoms with van der Waals surface area (Å²) in [5.74, 6) is 1.84. The van der Waals surface area contributed by atoms with E-state index in [2.05, 4.69) is 20.4 Å². The van der Waals surface area contributed by atoms with Gasteiger partial charge < -0.3 is 14.3 Å². The van der Waals surface area contributed by atoms with Gasteiger partial charge in [-0.1, -0.05) is 35.1 Å². The molecule has 34 heavy (non-hydrogen) atoms. The Balaban J connectivity index is 1.17. The van der Waals surface area contributed by atoms with E-state index in [0.29, 0.717) is 35.3 Å². The minimum absolute atomic E-state index is 0.0180. The molecule has 0 radical (unpaired) electrons. The van der Waals surface area contributed by atoms with Gasteiger partial charge in [-0.15, -0.1) is 0 Å². The highest BCUT2D eigenvalue weighted by Crippen LogP contribution is 2.34. The van der Waals surface area contributed by atoms with Crippen molar-refractivity contribution < 1.29 is 13.7 Å². The highest BCUT2D eigenvalue weighted by Gasteiger charge is 2.31. The average Bonchev–Trinajstić information content (AvgIpc) is 3.63. The zero-order valence-electron chi connectivity index (χ0n) is 18.2. The first-order valence-corrected chi connectivity index (χ1v) is 12.2. The van der Waals surface area contributed by atoms with Crippen LogP contribution in [0.5, 0.6) is 0 Å². The van der Waals surface area contributed by atoms with Crippen LogP contribution in [0.25, 0.3) is 11.6 Å². The predicted octanol–water partition coefficient (Wildman–Crippen LogP) is 3.64. The molecule has 1 aliphatic carbocycles. The third kappa shape index (κ3) is 3.83.